The first-order chi connectivity index (χ1) is 13.1. The molecule has 27 heavy (non-hydrogen) atoms. The molecule has 7 heteroatoms. The summed E-state index contributed by atoms with van der Waals surface area (Å²) in [5.41, 5.74) is 2.67. The molecule has 2 fully saturated rings. The molecule has 0 saturated carbocycles. The highest BCUT2D eigenvalue weighted by Gasteiger charge is 2.31. The van der Waals surface area contributed by atoms with Crippen LogP contribution in [0.5, 0.6) is 0 Å². The first-order valence-electron chi connectivity index (χ1n) is 9.73. The number of nitrogens with one attached hydrogen (secondary N) is 2. The van der Waals surface area contributed by atoms with Gasteiger partial charge in [0, 0.05) is 57.2 Å². The summed E-state index contributed by atoms with van der Waals surface area (Å²) in [5.74, 6) is -0.0865. The first kappa shape index (κ1) is 17.9. The highest BCUT2D eigenvalue weighted by atomic mass is 16.2. The third-order valence-electron chi connectivity index (χ3n) is 5.80. The second-order valence-electron chi connectivity index (χ2n) is 7.51. The predicted molar refractivity (Wildman–Crippen MR) is 105 cm³/mol. The van der Waals surface area contributed by atoms with Crippen LogP contribution in [-0.2, 0) is 0 Å². The summed E-state index contributed by atoms with van der Waals surface area (Å²) in [5, 5.41) is 0. The molecule has 0 spiro atoms. The Labute approximate surface area is 159 Å². The van der Waals surface area contributed by atoms with Crippen LogP contribution >= 0.6 is 0 Å². The largest absolute Gasteiger partial charge is 0.369 e. The van der Waals surface area contributed by atoms with Crippen molar-refractivity contribution in [2.45, 2.75) is 25.8 Å². The van der Waals surface area contributed by atoms with Crippen molar-refractivity contribution < 1.29 is 4.79 Å². The van der Waals surface area contributed by atoms with Crippen molar-refractivity contribution in [3.63, 3.8) is 0 Å². The average Bonchev–Trinajstić information content (AvgIpc) is 3.14. The van der Waals surface area contributed by atoms with E-state index < -0.39 is 0 Å². The summed E-state index contributed by atoms with van der Waals surface area (Å²) in [4.78, 5) is 35.8. The molecule has 1 amide bonds. The van der Waals surface area contributed by atoms with Crippen LogP contribution in [0.3, 0.4) is 0 Å². The Hall–Kier alpha value is -2.54. The first-order valence-corrected chi connectivity index (χ1v) is 9.73. The van der Waals surface area contributed by atoms with Crippen LogP contribution in [-0.4, -0.2) is 71.0 Å². The Morgan fingerprint density at radius 2 is 1.89 bits per heavy atom. The molecule has 2 N–H and O–H groups in total. The molecule has 2 aliphatic heterocycles. The molecule has 7 nitrogen and oxygen atoms in total. The van der Waals surface area contributed by atoms with Crippen LogP contribution in [0, 0.1) is 6.92 Å². The highest BCUT2D eigenvalue weighted by Crippen LogP contribution is 2.23. The van der Waals surface area contributed by atoms with Crippen molar-refractivity contribution in [3.05, 3.63) is 52.2 Å². The fourth-order valence-electron chi connectivity index (χ4n) is 4.30. The van der Waals surface area contributed by atoms with Crippen molar-refractivity contribution in [1.29, 1.82) is 0 Å². The summed E-state index contributed by atoms with van der Waals surface area (Å²) >= 11 is 0. The van der Waals surface area contributed by atoms with Gasteiger partial charge >= 0.3 is 5.69 Å². The van der Waals surface area contributed by atoms with Gasteiger partial charge in [-0.1, -0.05) is 18.2 Å². The number of carbonyl (C=O) groups excluding carboxylic acids is 1. The number of carbonyl (C=O) groups is 1. The maximum atomic E-state index is 12.6. The maximum Gasteiger partial charge on any atom is 0.323 e. The predicted octanol–water partition coefficient (Wildman–Crippen LogP) is 1.44. The Bertz CT molecular complexity index is 850. The number of aromatic nitrogens is 2. The molecule has 0 bridgehead atoms. The number of piperazine rings is 1. The van der Waals surface area contributed by atoms with E-state index in [1.54, 1.807) is 0 Å². The van der Waals surface area contributed by atoms with Gasteiger partial charge in [0.1, 0.15) is 5.69 Å². The number of hydrogen-bond donors (Lipinski definition) is 2. The summed E-state index contributed by atoms with van der Waals surface area (Å²) in [6.45, 7) is 7.71. The SMILES string of the molecule is Cc1ccccc1N1CCN([C@@H]2CCCN(C(=O)c3c[nH]c(=O)[nH]3)C2)CC1. The number of piperidine rings is 1. The lowest BCUT2D eigenvalue weighted by Crippen LogP contribution is -2.56. The van der Waals surface area contributed by atoms with E-state index in [1.807, 2.05) is 4.90 Å². The Morgan fingerprint density at radius 1 is 1.11 bits per heavy atom. The van der Waals surface area contributed by atoms with E-state index in [2.05, 4.69) is 51.0 Å². The zero-order valence-corrected chi connectivity index (χ0v) is 15.8. The van der Waals surface area contributed by atoms with Gasteiger partial charge in [0.05, 0.1) is 0 Å². The van der Waals surface area contributed by atoms with E-state index in [4.69, 9.17) is 0 Å². The molecule has 144 valence electrons. The van der Waals surface area contributed by atoms with Gasteiger partial charge in [0.15, 0.2) is 0 Å². The quantitative estimate of drug-likeness (QED) is 0.858. The van der Waals surface area contributed by atoms with Gasteiger partial charge in [-0.05, 0) is 31.4 Å². The molecule has 4 rings (SSSR count). The zero-order valence-electron chi connectivity index (χ0n) is 15.8. The molecule has 1 aromatic carbocycles. The molecular weight excluding hydrogens is 342 g/mol. The molecule has 2 saturated heterocycles. The Balaban J connectivity index is 1.36. The standard InChI is InChI=1S/C20H27N5O2/c1-15-5-2-3-7-18(15)24-11-9-23(10-12-24)16-6-4-8-25(14-16)19(26)17-13-21-20(27)22-17/h2-3,5,7,13,16H,4,6,8-12,14H2,1H3,(H2,21,22,27)/t16-/m1/s1. The van der Waals surface area contributed by atoms with Crippen molar-refractivity contribution in [1.82, 2.24) is 19.8 Å². The third-order valence-corrected chi connectivity index (χ3v) is 5.80. The topological polar surface area (TPSA) is 75.4 Å². The van der Waals surface area contributed by atoms with Crippen molar-refractivity contribution in [2.24, 2.45) is 0 Å². The fourth-order valence-corrected chi connectivity index (χ4v) is 4.30. The van der Waals surface area contributed by atoms with Gasteiger partial charge in [0.25, 0.3) is 5.91 Å². The number of benzene rings is 1. The third kappa shape index (κ3) is 3.78. The molecule has 1 atom stereocenters. The number of aromatic amines is 2. The lowest BCUT2D eigenvalue weighted by molar-refractivity contribution is 0.0558. The number of rotatable bonds is 3. The monoisotopic (exact) mass is 369 g/mol. The van der Waals surface area contributed by atoms with E-state index in [0.29, 0.717) is 11.7 Å². The number of anilines is 1. The smallest absolute Gasteiger partial charge is 0.323 e. The summed E-state index contributed by atoms with van der Waals surface area (Å²) in [7, 11) is 0. The van der Waals surface area contributed by atoms with Crippen LogP contribution in [0.1, 0.15) is 28.9 Å². The number of para-hydroxylation sites is 1. The van der Waals surface area contributed by atoms with Crippen LogP contribution < -0.4 is 10.6 Å². The van der Waals surface area contributed by atoms with Gasteiger partial charge in [-0.2, -0.15) is 0 Å². The molecular formula is C20H27N5O2. The fraction of sp³-hybridized carbons (Fsp3) is 0.500. The van der Waals surface area contributed by atoms with Gasteiger partial charge in [-0.25, -0.2) is 4.79 Å². The molecule has 3 heterocycles. The number of nitrogens with zero attached hydrogens (tertiary/aromatic N) is 3. The number of H-pyrrole nitrogens is 2. The van der Waals surface area contributed by atoms with E-state index >= 15 is 0 Å². The summed E-state index contributed by atoms with van der Waals surface area (Å²) in [6.07, 6.45) is 3.59. The van der Waals surface area contributed by atoms with Gasteiger partial charge < -0.3 is 19.8 Å². The van der Waals surface area contributed by atoms with Crippen molar-refractivity contribution in [2.75, 3.05) is 44.2 Å². The number of aryl methyl sites for hydroxylation is 1. The average molecular weight is 369 g/mol. The lowest BCUT2D eigenvalue weighted by Gasteiger charge is -2.44. The number of hydrogen-bond acceptors (Lipinski definition) is 4. The molecule has 0 aliphatic carbocycles. The minimum Gasteiger partial charge on any atom is -0.369 e. The molecule has 0 radical (unpaired) electrons. The van der Waals surface area contributed by atoms with E-state index in [0.717, 1.165) is 52.1 Å². The maximum absolute atomic E-state index is 12.6. The zero-order chi connectivity index (χ0) is 18.8. The van der Waals surface area contributed by atoms with Crippen LogP contribution in [0.25, 0.3) is 0 Å². The van der Waals surface area contributed by atoms with E-state index in [-0.39, 0.29) is 11.6 Å². The van der Waals surface area contributed by atoms with Crippen LogP contribution in [0.15, 0.2) is 35.3 Å². The molecule has 1 aromatic heterocycles. The Morgan fingerprint density at radius 3 is 2.59 bits per heavy atom. The normalized spacial score (nSPS) is 21.4. The van der Waals surface area contributed by atoms with Gasteiger partial charge in [0.2, 0.25) is 0 Å². The Kier molecular flexibility index (Phi) is 5.03. The highest BCUT2D eigenvalue weighted by molar-refractivity contribution is 5.92. The lowest BCUT2D eigenvalue weighted by atomic mass is 10.0. The number of amides is 1. The summed E-state index contributed by atoms with van der Waals surface area (Å²) in [6, 6.07) is 8.94. The van der Waals surface area contributed by atoms with E-state index in [9.17, 15) is 9.59 Å². The second-order valence-corrected chi connectivity index (χ2v) is 7.51. The minimum atomic E-state index is -0.334. The van der Waals surface area contributed by atoms with Crippen LogP contribution in [0.2, 0.25) is 0 Å². The second kappa shape index (κ2) is 7.60. The summed E-state index contributed by atoms with van der Waals surface area (Å²) < 4.78 is 0. The van der Waals surface area contributed by atoms with Crippen molar-refractivity contribution in [3.8, 4) is 0 Å². The van der Waals surface area contributed by atoms with E-state index in [1.165, 1.54) is 17.4 Å². The minimum absolute atomic E-state index is 0.0865. The molecule has 2 aromatic rings. The molecule has 2 aliphatic rings. The van der Waals surface area contributed by atoms with Gasteiger partial charge in [-0.15, -0.1) is 0 Å². The van der Waals surface area contributed by atoms with Crippen molar-refractivity contribution >= 4 is 11.6 Å². The van der Waals surface area contributed by atoms with Crippen LogP contribution in [0.4, 0.5) is 5.69 Å². The van der Waals surface area contributed by atoms with Gasteiger partial charge in [-0.3, -0.25) is 9.69 Å². The number of likely N-dealkylation sites (tertiary alicyclic amines) is 1. The number of imidazole rings is 1. The molecule has 0 unspecified atom stereocenters.